The van der Waals surface area contributed by atoms with Gasteiger partial charge in [-0.15, -0.1) is 0 Å². The van der Waals surface area contributed by atoms with Gasteiger partial charge in [0.1, 0.15) is 0 Å². The first kappa shape index (κ1) is 32.5. The molecule has 1 nitrogen and oxygen atoms in total. The Morgan fingerprint density at radius 2 is 0.887 bits per heavy atom. The van der Waals surface area contributed by atoms with Gasteiger partial charge in [-0.3, -0.25) is 0 Å². The van der Waals surface area contributed by atoms with Gasteiger partial charge in [0.2, 0.25) is 0 Å². The Kier molecular flexibility index (Phi) is 8.13. The molecule has 0 aliphatic carbocycles. The summed E-state index contributed by atoms with van der Waals surface area (Å²) in [7, 11) is 0. The maximum absolute atomic E-state index is 2.42. The van der Waals surface area contributed by atoms with Crippen LogP contribution in [0.2, 0.25) is 0 Å². The van der Waals surface area contributed by atoms with Gasteiger partial charge in [-0.05, 0) is 101 Å². The fraction of sp³-hybridized carbons (Fsp3) is 0.0769. The van der Waals surface area contributed by atoms with Crippen molar-refractivity contribution in [3.63, 3.8) is 0 Å². The number of hydrogen-bond donors (Lipinski definition) is 0. The van der Waals surface area contributed by atoms with Crippen molar-refractivity contribution in [3.8, 4) is 33.4 Å². The monoisotopic (exact) mass is 679 g/mol. The van der Waals surface area contributed by atoms with Gasteiger partial charge in [-0.25, -0.2) is 0 Å². The molecule has 0 saturated carbocycles. The number of anilines is 3. The average molecular weight is 680 g/mol. The maximum Gasteiger partial charge on any atom is 0.0540 e. The van der Waals surface area contributed by atoms with Crippen molar-refractivity contribution >= 4 is 49.4 Å². The van der Waals surface area contributed by atoms with E-state index in [1.54, 1.807) is 0 Å². The lowest BCUT2D eigenvalue weighted by molar-refractivity contribution is 0.590. The second kappa shape index (κ2) is 13.3. The lowest BCUT2D eigenvalue weighted by Crippen LogP contribution is -2.13. The van der Waals surface area contributed by atoms with Gasteiger partial charge in [0.05, 0.1) is 5.69 Å². The number of fused-ring (bicyclic) bond motifs is 4. The zero-order valence-corrected chi connectivity index (χ0v) is 30.4. The van der Waals surface area contributed by atoms with Gasteiger partial charge in [-0.2, -0.15) is 0 Å². The van der Waals surface area contributed by atoms with Crippen LogP contribution in [0.4, 0.5) is 17.1 Å². The molecule has 53 heavy (non-hydrogen) atoms. The largest absolute Gasteiger partial charge is 0.310 e. The number of rotatable bonds is 6. The van der Waals surface area contributed by atoms with E-state index in [0.717, 1.165) is 17.1 Å². The quantitative estimate of drug-likeness (QED) is 0.158. The minimum atomic E-state index is 0.0590. The van der Waals surface area contributed by atoms with E-state index in [1.807, 2.05) is 0 Å². The third-order valence-corrected chi connectivity index (χ3v) is 10.6. The molecule has 0 fully saturated rings. The second-order valence-electron chi connectivity index (χ2n) is 15.0. The molecule has 0 bridgehead atoms. The predicted molar refractivity (Wildman–Crippen MR) is 229 cm³/mol. The zero-order valence-electron chi connectivity index (χ0n) is 30.4. The summed E-state index contributed by atoms with van der Waals surface area (Å²) >= 11 is 0. The molecular weight excluding hydrogens is 639 g/mol. The Hall–Kier alpha value is -6.44. The van der Waals surface area contributed by atoms with Crippen molar-refractivity contribution in [3.05, 3.63) is 200 Å². The van der Waals surface area contributed by atoms with E-state index in [4.69, 9.17) is 0 Å². The molecule has 0 N–H and O–H groups in total. The summed E-state index contributed by atoms with van der Waals surface area (Å²) in [6, 6.07) is 71.0. The maximum atomic E-state index is 2.42. The van der Waals surface area contributed by atoms with Gasteiger partial charge >= 0.3 is 0 Å². The molecule has 0 aliphatic heterocycles. The normalized spacial score (nSPS) is 11.7. The predicted octanol–water partition coefficient (Wildman–Crippen LogP) is 14.9. The summed E-state index contributed by atoms with van der Waals surface area (Å²) in [6.45, 7) is 6.82. The Labute approximate surface area is 312 Å². The van der Waals surface area contributed by atoms with Gasteiger partial charge in [0, 0.05) is 16.9 Å². The lowest BCUT2D eigenvalue weighted by atomic mass is 9.87. The number of benzene rings is 9. The molecule has 0 atom stereocenters. The first-order chi connectivity index (χ1) is 25.9. The number of para-hydroxylation sites is 1. The summed E-state index contributed by atoms with van der Waals surface area (Å²) in [5.74, 6) is 0. The lowest BCUT2D eigenvalue weighted by Gasteiger charge is -2.29. The van der Waals surface area contributed by atoms with Crippen LogP contribution in [0.5, 0.6) is 0 Å². The van der Waals surface area contributed by atoms with Gasteiger partial charge in [0.25, 0.3) is 0 Å². The van der Waals surface area contributed by atoms with E-state index in [2.05, 4.69) is 220 Å². The van der Waals surface area contributed by atoms with Crippen LogP contribution in [0, 0.1) is 0 Å². The topological polar surface area (TPSA) is 3.24 Å². The summed E-state index contributed by atoms with van der Waals surface area (Å²) in [5, 5.41) is 7.59. The molecule has 0 aliphatic rings. The van der Waals surface area contributed by atoms with E-state index in [9.17, 15) is 0 Å². The van der Waals surface area contributed by atoms with Crippen molar-refractivity contribution in [1.82, 2.24) is 0 Å². The van der Waals surface area contributed by atoms with Crippen molar-refractivity contribution in [2.75, 3.05) is 4.90 Å². The third-order valence-electron chi connectivity index (χ3n) is 10.6. The molecule has 9 rings (SSSR count). The molecule has 1 heteroatoms. The minimum absolute atomic E-state index is 0.0590. The minimum Gasteiger partial charge on any atom is -0.310 e. The van der Waals surface area contributed by atoms with E-state index in [1.165, 1.54) is 71.3 Å². The van der Waals surface area contributed by atoms with Crippen LogP contribution in [-0.2, 0) is 5.41 Å². The molecule has 0 spiro atoms. The van der Waals surface area contributed by atoms with Crippen LogP contribution in [0.3, 0.4) is 0 Å². The van der Waals surface area contributed by atoms with Crippen molar-refractivity contribution in [2.45, 2.75) is 26.2 Å². The van der Waals surface area contributed by atoms with E-state index >= 15 is 0 Å². The average Bonchev–Trinajstić information content (AvgIpc) is 3.21. The summed E-state index contributed by atoms with van der Waals surface area (Å²) in [5.41, 5.74) is 12.0. The molecule has 0 heterocycles. The standard InChI is InChI=1S/C52H41N/c1-52(2,3)40-29-33-42(34-30-40)53(41-31-26-38(27-32-41)44-21-13-23-46-43-19-8-7-16-37(43)28-35-47(44)46)50-25-10-9-20-48(50)49-24-12-18-39-17-11-22-45(51(39)49)36-14-5-4-6-15-36/h4-35H,1-3H3. The summed E-state index contributed by atoms with van der Waals surface area (Å²) in [6.07, 6.45) is 0. The summed E-state index contributed by atoms with van der Waals surface area (Å²) < 4.78 is 0. The van der Waals surface area contributed by atoms with E-state index in [0.29, 0.717) is 0 Å². The molecule has 0 saturated heterocycles. The summed E-state index contributed by atoms with van der Waals surface area (Å²) in [4.78, 5) is 2.42. The van der Waals surface area contributed by atoms with Crippen LogP contribution in [-0.4, -0.2) is 0 Å². The molecule has 0 aromatic heterocycles. The number of hydrogen-bond acceptors (Lipinski definition) is 1. The third kappa shape index (κ3) is 5.95. The fourth-order valence-electron chi connectivity index (χ4n) is 7.94. The Morgan fingerprint density at radius 3 is 1.64 bits per heavy atom. The molecular formula is C52H41N. The van der Waals surface area contributed by atoms with Crippen LogP contribution < -0.4 is 4.90 Å². The highest BCUT2D eigenvalue weighted by atomic mass is 15.1. The van der Waals surface area contributed by atoms with E-state index in [-0.39, 0.29) is 5.41 Å². The highest BCUT2D eigenvalue weighted by molar-refractivity contribution is 6.12. The van der Waals surface area contributed by atoms with Crippen LogP contribution in [0.15, 0.2) is 194 Å². The Bertz CT molecular complexity index is 2730. The number of nitrogens with zero attached hydrogens (tertiary/aromatic N) is 1. The van der Waals surface area contributed by atoms with E-state index < -0.39 is 0 Å². The van der Waals surface area contributed by atoms with Gasteiger partial charge in [0.15, 0.2) is 0 Å². The molecule has 9 aromatic rings. The SMILES string of the molecule is CC(C)(C)c1ccc(N(c2ccc(-c3cccc4c3ccc3ccccc34)cc2)c2ccccc2-c2cccc3cccc(-c4ccccc4)c23)cc1. The first-order valence-corrected chi connectivity index (χ1v) is 18.5. The molecule has 254 valence electrons. The highest BCUT2D eigenvalue weighted by Gasteiger charge is 2.21. The van der Waals surface area contributed by atoms with Crippen molar-refractivity contribution in [1.29, 1.82) is 0 Å². The van der Waals surface area contributed by atoms with Crippen LogP contribution in [0.25, 0.3) is 65.7 Å². The molecule has 0 unspecified atom stereocenters. The first-order valence-electron chi connectivity index (χ1n) is 18.5. The van der Waals surface area contributed by atoms with Crippen molar-refractivity contribution in [2.24, 2.45) is 0 Å². The van der Waals surface area contributed by atoms with Crippen LogP contribution in [0.1, 0.15) is 26.3 Å². The molecule has 0 amide bonds. The Balaban J connectivity index is 1.22. The van der Waals surface area contributed by atoms with Gasteiger partial charge in [-0.1, -0.05) is 185 Å². The van der Waals surface area contributed by atoms with Crippen LogP contribution >= 0.6 is 0 Å². The molecule has 0 radical (unpaired) electrons. The molecule has 9 aromatic carbocycles. The smallest absolute Gasteiger partial charge is 0.0540 e. The van der Waals surface area contributed by atoms with Crippen molar-refractivity contribution < 1.29 is 0 Å². The fourth-order valence-corrected chi connectivity index (χ4v) is 7.94. The van der Waals surface area contributed by atoms with Gasteiger partial charge < -0.3 is 4.90 Å². The second-order valence-corrected chi connectivity index (χ2v) is 15.0. The Morgan fingerprint density at radius 1 is 0.340 bits per heavy atom. The highest BCUT2D eigenvalue weighted by Crippen LogP contribution is 2.45. The zero-order chi connectivity index (χ0) is 35.9.